The van der Waals surface area contributed by atoms with Crippen molar-refractivity contribution in [3.63, 3.8) is 0 Å². The van der Waals surface area contributed by atoms with Crippen LogP contribution in [0.4, 0.5) is 0 Å². The highest BCUT2D eigenvalue weighted by atomic mass is 16.6. The van der Waals surface area contributed by atoms with E-state index in [9.17, 15) is 15.3 Å². The van der Waals surface area contributed by atoms with E-state index in [-0.39, 0.29) is 0 Å². The van der Waals surface area contributed by atoms with E-state index < -0.39 is 30.6 Å². The lowest BCUT2D eigenvalue weighted by Gasteiger charge is -2.21. The van der Waals surface area contributed by atoms with Crippen LogP contribution in [0, 0.1) is 6.92 Å². The van der Waals surface area contributed by atoms with Crippen molar-refractivity contribution < 1.29 is 20.1 Å². The average Bonchev–Trinajstić information content (AvgIpc) is 3.39. The molecular weight excluding hydrogens is 372 g/mol. The quantitative estimate of drug-likeness (QED) is 0.487. The summed E-state index contributed by atoms with van der Waals surface area (Å²) in [5.41, 5.74) is 3.17. The van der Waals surface area contributed by atoms with Crippen LogP contribution in [0.25, 0.3) is 21.9 Å². The molecule has 1 saturated heterocycles. The van der Waals surface area contributed by atoms with E-state index in [4.69, 9.17) is 4.74 Å². The van der Waals surface area contributed by atoms with Crippen LogP contribution < -0.4 is 0 Å². The molecule has 1 aliphatic heterocycles. The van der Waals surface area contributed by atoms with Crippen molar-refractivity contribution >= 4 is 21.9 Å². The monoisotopic (exact) mass is 394 g/mol. The lowest BCUT2D eigenvalue weighted by Crippen LogP contribution is -2.34. The number of aromatic nitrogens is 4. The summed E-state index contributed by atoms with van der Waals surface area (Å²) in [7, 11) is 1.82. The molecule has 3 N–H and O–H groups in total. The summed E-state index contributed by atoms with van der Waals surface area (Å²) in [5.74, 6) is 0. The number of ether oxygens (including phenoxy) is 1. The van der Waals surface area contributed by atoms with Crippen molar-refractivity contribution in [2.75, 3.05) is 0 Å². The zero-order valence-electron chi connectivity index (χ0n) is 16.0. The van der Waals surface area contributed by atoms with Crippen molar-refractivity contribution in [3.05, 3.63) is 60.0 Å². The van der Waals surface area contributed by atoms with Gasteiger partial charge in [0.1, 0.15) is 30.1 Å². The third-order valence-electron chi connectivity index (χ3n) is 5.81. The summed E-state index contributed by atoms with van der Waals surface area (Å²) in [4.78, 5) is 4.39. The van der Waals surface area contributed by atoms with Gasteiger partial charge in [0.15, 0.2) is 6.23 Å². The largest absolute Gasteiger partial charge is 0.387 e. The molecule has 0 unspecified atom stereocenters. The Kier molecular flexibility index (Phi) is 4.18. The van der Waals surface area contributed by atoms with Crippen LogP contribution in [0.5, 0.6) is 0 Å². The van der Waals surface area contributed by atoms with Gasteiger partial charge in [0.05, 0.1) is 11.7 Å². The number of aliphatic hydroxyl groups excluding tert-OH is 3. The number of fused-ring (bicyclic) bond motifs is 2. The molecule has 0 bridgehead atoms. The van der Waals surface area contributed by atoms with Gasteiger partial charge in [0.25, 0.3) is 0 Å². The average molecular weight is 394 g/mol. The van der Waals surface area contributed by atoms with Crippen LogP contribution >= 0.6 is 0 Å². The van der Waals surface area contributed by atoms with Gasteiger partial charge in [-0.25, -0.2) is 4.98 Å². The number of aliphatic hydroxyl groups is 3. The fraction of sp³-hybridized carbons (Fsp3) is 0.333. The highest BCUT2D eigenvalue weighted by Gasteiger charge is 2.47. The number of hydrogen-bond donors (Lipinski definition) is 3. The van der Waals surface area contributed by atoms with Crippen molar-refractivity contribution in [2.45, 2.75) is 37.6 Å². The standard InChI is InChI=1S/C21H22N4O4/c1-11-5-7-22-20-14(11)6-8-25(20)21-18(28)17(27)19(29-21)16(26)12-3-4-13-10-23-24(2)15(13)9-12/h3-10,16-19,21,26-28H,1-2H3/t16-,17+,18-,19-,21-/m1/s1. The van der Waals surface area contributed by atoms with Gasteiger partial charge in [-0.1, -0.05) is 12.1 Å². The Balaban J connectivity index is 1.48. The maximum absolute atomic E-state index is 10.9. The Morgan fingerprint density at radius 2 is 1.97 bits per heavy atom. The van der Waals surface area contributed by atoms with Crippen LogP contribution in [0.2, 0.25) is 0 Å². The van der Waals surface area contributed by atoms with Gasteiger partial charge in [-0.05, 0) is 36.2 Å². The van der Waals surface area contributed by atoms with Crippen LogP contribution in [0.3, 0.4) is 0 Å². The molecule has 150 valence electrons. The molecule has 5 atom stereocenters. The van der Waals surface area contributed by atoms with Gasteiger partial charge in [0, 0.05) is 30.2 Å². The third-order valence-corrected chi connectivity index (χ3v) is 5.81. The van der Waals surface area contributed by atoms with Crippen LogP contribution in [-0.4, -0.2) is 53.0 Å². The Morgan fingerprint density at radius 3 is 2.79 bits per heavy atom. The molecule has 4 aromatic rings. The van der Waals surface area contributed by atoms with E-state index in [1.54, 1.807) is 33.9 Å². The fourth-order valence-electron chi connectivity index (χ4n) is 4.11. The van der Waals surface area contributed by atoms with Gasteiger partial charge in [-0.3, -0.25) is 4.68 Å². The number of hydrogen-bond acceptors (Lipinski definition) is 6. The Hall–Kier alpha value is -2.78. The molecule has 1 aliphatic rings. The van der Waals surface area contributed by atoms with Gasteiger partial charge in [-0.2, -0.15) is 5.10 Å². The van der Waals surface area contributed by atoms with Gasteiger partial charge >= 0.3 is 0 Å². The first-order valence-electron chi connectivity index (χ1n) is 9.49. The highest BCUT2D eigenvalue weighted by molar-refractivity contribution is 5.80. The maximum Gasteiger partial charge on any atom is 0.164 e. The van der Waals surface area contributed by atoms with Crippen molar-refractivity contribution in [2.24, 2.45) is 7.05 Å². The summed E-state index contributed by atoms with van der Waals surface area (Å²) in [6.45, 7) is 1.98. The van der Waals surface area contributed by atoms with Gasteiger partial charge in [-0.15, -0.1) is 0 Å². The van der Waals surface area contributed by atoms with Crippen molar-refractivity contribution in [1.82, 2.24) is 19.3 Å². The van der Waals surface area contributed by atoms with E-state index in [2.05, 4.69) is 10.1 Å². The normalized spacial score (nSPS) is 25.8. The van der Waals surface area contributed by atoms with Crippen molar-refractivity contribution in [1.29, 1.82) is 0 Å². The topological polar surface area (TPSA) is 106 Å². The number of benzene rings is 1. The summed E-state index contributed by atoms with van der Waals surface area (Å²) < 4.78 is 9.39. The summed E-state index contributed by atoms with van der Waals surface area (Å²) in [6, 6.07) is 9.27. The fourth-order valence-corrected chi connectivity index (χ4v) is 4.11. The molecule has 1 fully saturated rings. The number of nitrogens with zero attached hydrogens (tertiary/aromatic N) is 4. The second-order valence-corrected chi connectivity index (χ2v) is 7.59. The summed E-state index contributed by atoms with van der Waals surface area (Å²) in [5, 5.41) is 38.3. The number of pyridine rings is 1. The minimum atomic E-state index is -1.25. The minimum absolute atomic E-state index is 0.587. The first kappa shape index (κ1) is 18.3. The Bertz CT molecular complexity index is 1200. The lowest BCUT2D eigenvalue weighted by atomic mass is 9.98. The molecule has 4 heterocycles. The molecule has 0 amide bonds. The Labute approximate surface area is 166 Å². The summed E-state index contributed by atoms with van der Waals surface area (Å²) >= 11 is 0. The van der Waals surface area contributed by atoms with E-state index >= 15 is 0 Å². The Morgan fingerprint density at radius 1 is 1.14 bits per heavy atom. The molecule has 0 saturated carbocycles. The predicted molar refractivity (Wildman–Crippen MR) is 106 cm³/mol. The second-order valence-electron chi connectivity index (χ2n) is 7.59. The van der Waals surface area contributed by atoms with E-state index in [0.29, 0.717) is 11.2 Å². The van der Waals surface area contributed by atoms with Crippen LogP contribution in [0.15, 0.2) is 48.9 Å². The molecule has 0 aliphatic carbocycles. The van der Waals surface area contributed by atoms with Gasteiger partial charge < -0.3 is 24.6 Å². The van der Waals surface area contributed by atoms with Crippen LogP contribution in [-0.2, 0) is 11.8 Å². The third kappa shape index (κ3) is 2.76. The van der Waals surface area contributed by atoms with E-state index in [1.807, 2.05) is 38.2 Å². The maximum atomic E-state index is 10.9. The highest BCUT2D eigenvalue weighted by Crippen LogP contribution is 2.38. The SMILES string of the molecule is Cc1ccnc2c1ccn2[C@@H]1O[C@H]([C@H](O)c2ccc3cnn(C)c3c2)[C@@H](O)[C@H]1O. The second kappa shape index (κ2) is 6.64. The molecule has 8 heteroatoms. The van der Waals surface area contributed by atoms with Crippen LogP contribution in [0.1, 0.15) is 23.5 Å². The first-order chi connectivity index (χ1) is 14.0. The zero-order valence-corrected chi connectivity index (χ0v) is 16.0. The first-order valence-corrected chi connectivity index (χ1v) is 9.49. The van der Waals surface area contributed by atoms with Gasteiger partial charge in [0.2, 0.25) is 0 Å². The van der Waals surface area contributed by atoms with E-state index in [0.717, 1.165) is 21.9 Å². The van der Waals surface area contributed by atoms with E-state index in [1.165, 1.54) is 0 Å². The van der Waals surface area contributed by atoms with Crippen molar-refractivity contribution in [3.8, 4) is 0 Å². The molecule has 1 aromatic carbocycles. The number of rotatable bonds is 3. The molecule has 29 heavy (non-hydrogen) atoms. The molecular formula is C21H22N4O4. The predicted octanol–water partition coefficient (Wildman–Crippen LogP) is 1.58. The molecule has 0 radical (unpaired) electrons. The minimum Gasteiger partial charge on any atom is -0.387 e. The molecule has 5 rings (SSSR count). The summed E-state index contributed by atoms with van der Waals surface area (Å²) in [6.07, 6.45) is -0.172. The lowest BCUT2D eigenvalue weighted by molar-refractivity contribution is -0.0848. The molecule has 0 spiro atoms. The molecule has 3 aromatic heterocycles. The zero-order chi connectivity index (χ0) is 20.3. The number of aryl methyl sites for hydroxylation is 2. The molecule has 8 nitrogen and oxygen atoms in total. The smallest absolute Gasteiger partial charge is 0.164 e.